The minimum Gasteiger partial charge on any atom is -0.497 e. The van der Waals surface area contributed by atoms with Crippen LogP contribution in [0.25, 0.3) is 0 Å². The summed E-state index contributed by atoms with van der Waals surface area (Å²) in [4.78, 5) is 41.9. The van der Waals surface area contributed by atoms with Crippen LogP contribution in [0.4, 0.5) is 16.2 Å². The van der Waals surface area contributed by atoms with Gasteiger partial charge in [0.25, 0.3) is 5.91 Å². The molecule has 1 heterocycles. The maximum Gasteiger partial charge on any atom is 0.332 e. The van der Waals surface area contributed by atoms with Crippen molar-refractivity contribution < 1.29 is 19.1 Å². The van der Waals surface area contributed by atoms with Gasteiger partial charge in [-0.1, -0.05) is 48.5 Å². The zero-order valence-electron chi connectivity index (χ0n) is 17.6. The molecule has 0 spiro atoms. The molecule has 4 rings (SSSR count). The molecule has 0 aromatic heterocycles. The van der Waals surface area contributed by atoms with Crippen LogP contribution < -0.4 is 15.0 Å². The Morgan fingerprint density at radius 3 is 2.31 bits per heavy atom. The second kappa shape index (κ2) is 9.34. The molecule has 7 nitrogen and oxygen atoms in total. The Bertz CT molecular complexity index is 1120. The van der Waals surface area contributed by atoms with Crippen molar-refractivity contribution in [2.45, 2.75) is 19.0 Å². The number of hydrogen-bond acceptors (Lipinski definition) is 4. The van der Waals surface area contributed by atoms with Crippen LogP contribution in [0.2, 0.25) is 0 Å². The fourth-order valence-electron chi connectivity index (χ4n) is 3.71. The van der Waals surface area contributed by atoms with Gasteiger partial charge in [-0.05, 0) is 42.0 Å². The summed E-state index contributed by atoms with van der Waals surface area (Å²) < 4.78 is 5.27. The van der Waals surface area contributed by atoms with Gasteiger partial charge in [0.05, 0.1) is 19.2 Å². The van der Waals surface area contributed by atoms with Crippen LogP contribution >= 0.6 is 0 Å². The molecule has 0 radical (unpaired) electrons. The van der Waals surface area contributed by atoms with E-state index in [9.17, 15) is 14.4 Å². The van der Waals surface area contributed by atoms with Crippen molar-refractivity contribution in [1.29, 1.82) is 0 Å². The topological polar surface area (TPSA) is 79.0 Å². The smallest absolute Gasteiger partial charge is 0.332 e. The number of carbonyl (C=O) groups excluding carboxylic acids is 3. The lowest BCUT2D eigenvalue weighted by molar-refractivity contribution is -0.124. The molecule has 1 saturated heterocycles. The number of ether oxygens (including phenoxy) is 1. The number of para-hydroxylation sites is 2. The lowest BCUT2D eigenvalue weighted by Gasteiger charge is -2.22. The van der Waals surface area contributed by atoms with Gasteiger partial charge < -0.3 is 15.0 Å². The van der Waals surface area contributed by atoms with Crippen LogP contribution in [0.3, 0.4) is 0 Å². The van der Waals surface area contributed by atoms with Crippen molar-refractivity contribution in [2.75, 3.05) is 17.3 Å². The molecule has 1 fully saturated rings. The SMILES string of the molecule is COc1cccc(CN2C(=O)N(c3ccccc3)C(=O)C2CC(=O)Nc2ccccc2)c1. The third-order valence-electron chi connectivity index (χ3n) is 5.26. The average molecular weight is 429 g/mol. The van der Waals surface area contributed by atoms with E-state index in [0.29, 0.717) is 17.1 Å². The molecule has 1 unspecified atom stereocenters. The number of anilines is 2. The van der Waals surface area contributed by atoms with Crippen molar-refractivity contribution in [3.05, 3.63) is 90.5 Å². The van der Waals surface area contributed by atoms with Crippen molar-refractivity contribution in [3.8, 4) is 5.75 Å². The van der Waals surface area contributed by atoms with Crippen LogP contribution in [0, 0.1) is 0 Å². The van der Waals surface area contributed by atoms with E-state index in [2.05, 4.69) is 5.32 Å². The number of hydrogen-bond donors (Lipinski definition) is 1. The van der Waals surface area contributed by atoms with Crippen molar-refractivity contribution in [2.24, 2.45) is 0 Å². The van der Waals surface area contributed by atoms with Gasteiger partial charge in [0.15, 0.2) is 0 Å². The second-order valence-electron chi connectivity index (χ2n) is 7.41. The van der Waals surface area contributed by atoms with Gasteiger partial charge in [0.2, 0.25) is 5.91 Å². The summed E-state index contributed by atoms with van der Waals surface area (Å²) in [6.07, 6.45) is -0.146. The summed E-state index contributed by atoms with van der Waals surface area (Å²) in [6, 6.07) is 23.7. The van der Waals surface area contributed by atoms with E-state index in [1.165, 1.54) is 4.90 Å². The number of nitrogens with zero attached hydrogens (tertiary/aromatic N) is 2. The molecule has 0 aliphatic carbocycles. The number of methoxy groups -OCH3 is 1. The minimum absolute atomic E-state index is 0.146. The van der Waals surface area contributed by atoms with E-state index in [4.69, 9.17) is 4.74 Å². The highest BCUT2D eigenvalue weighted by Crippen LogP contribution is 2.29. The molecule has 1 aliphatic rings. The van der Waals surface area contributed by atoms with Crippen molar-refractivity contribution in [1.82, 2.24) is 4.90 Å². The minimum atomic E-state index is -0.919. The Morgan fingerprint density at radius 1 is 0.938 bits per heavy atom. The fraction of sp³-hybridized carbons (Fsp3) is 0.160. The van der Waals surface area contributed by atoms with E-state index in [1.54, 1.807) is 43.5 Å². The number of carbonyl (C=O) groups is 3. The number of urea groups is 1. The zero-order valence-corrected chi connectivity index (χ0v) is 17.6. The molecule has 1 aliphatic heterocycles. The Balaban J connectivity index is 1.61. The molecule has 3 aromatic rings. The van der Waals surface area contributed by atoms with Crippen LogP contribution in [0.1, 0.15) is 12.0 Å². The van der Waals surface area contributed by atoms with Crippen LogP contribution in [0.5, 0.6) is 5.75 Å². The van der Waals surface area contributed by atoms with Crippen LogP contribution in [-0.2, 0) is 16.1 Å². The number of nitrogens with one attached hydrogen (secondary N) is 1. The zero-order chi connectivity index (χ0) is 22.5. The molecular formula is C25H23N3O4. The van der Waals surface area contributed by atoms with E-state index in [-0.39, 0.29) is 18.9 Å². The second-order valence-corrected chi connectivity index (χ2v) is 7.41. The summed E-state index contributed by atoms with van der Waals surface area (Å²) in [5, 5.41) is 2.79. The number of rotatable bonds is 7. The molecule has 7 heteroatoms. The molecule has 4 amide bonds. The van der Waals surface area contributed by atoms with Gasteiger partial charge in [-0.25, -0.2) is 9.69 Å². The van der Waals surface area contributed by atoms with Crippen LogP contribution in [-0.4, -0.2) is 35.9 Å². The highest BCUT2D eigenvalue weighted by Gasteiger charge is 2.46. The fourth-order valence-corrected chi connectivity index (χ4v) is 3.71. The molecule has 1 atom stereocenters. The monoisotopic (exact) mass is 429 g/mol. The first-order valence-corrected chi connectivity index (χ1v) is 10.2. The normalized spacial score (nSPS) is 15.7. The van der Waals surface area contributed by atoms with Gasteiger partial charge in [-0.15, -0.1) is 0 Å². The highest BCUT2D eigenvalue weighted by atomic mass is 16.5. The summed E-state index contributed by atoms with van der Waals surface area (Å²) >= 11 is 0. The van der Waals surface area contributed by atoms with Gasteiger partial charge in [0, 0.05) is 12.2 Å². The largest absolute Gasteiger partial charge is 0.497 e. The Labute approximate surface area is 186 Å². The van der Waals surface area contributed by atoms with Gasteiger partial charge in [-0.2, -0.15) is 0 Å². The lowest BCUT2D eigenvalue weighted by Crippen LogP contribution is -2.37. The summed E-state index contributed by atoms with van der Waals surface area (Å²) in [6.45, 7) is 0.175. The molecule has 1 N–H and O–H groups in total. The van der Waals surface area contributed by atoms with Gasteiger partial charge >= 0.3 is 6.03 Å². The molecular weight excluding hydrogens is 406 g/mol. The van der Waals surface area contributed by atoms with Crippen LogP contribution in [0.15, 0.2) is 84.9 Å². The van der Waals surface area contributed by atoms with E-state index >= 15 is 0 Å². The number of imide groups is 1. The first-order chi connectivity index (χ1) is 15.6. The van der Waals surface area contributed by atoms with Gasteiger partial charge in [-0.3, -0.25) is 9.59 Å². The maximum absolute atomic E-state index is 13.3. The number of amides is 4. The predicted octanol–water partition coefficient (Wildman–Crippen LogP) is 4.06. The quantitative estimate of drug-likeness (QED) is 0.575. The summed E-state index contributed by atoms with van der Waals surface area (Å²) in [5.41, 5.74) is 1.91. The van der Waals surface area contributed by atoms with Gasteiger partial charge in [0.1, 0.15) is 11.8 Å². The van der Waals surface area contributed by atoms with E-state index in [1.807, 2.05) is 48.5 Å². The first-order valence-electron chi connectivity index (χ1n) is 10.2. The third kappa shape index (κ3) is 4.46. The maximum atomic E-state index is 13.3. The summed E-state index contributed by atoms with van der Waals surface area (Å²) in [7, 11) is 1.57. The number of benzene rings is 3. The van der Waals surface area contributed by atoms with E-state index in [0.717, 1.165) is 10.5 Å². The molecule has 32 heavy (non-hydrogen) atoms. The molecule has 3 aromatic carbocycles. The Hall–Kier alpha value is -4.13. The average Bonchev–Trinajstić information content (AvgIpc) is 3.04. The van der Waals surface area contributed by atoms with Crippen molar-refractivity contribution >= 4 is 29.2 Å². The molecule has 162 valence electrons. The summed E-state index contributed by atoms with van der Waals surface area (Å²) in [5.74, 6) is -0.112. The molecule has 0 saturated carbocycles. The lowest BCUT2D eigenvalue weighted by atomic mass is 10.1. The predicted molar refractivity (Wildman–Crippen MR) is 121 cm³/mol. The van der Waals surface area contributed by atoms with E-state index < -0.39 is 18.0 Å². The Morgan fingerprint density at radius 2 is 1.62 bits per heavy atom. The first kappa shape index (κ1) is 21.1. The Kier molecular flexibility index (Phi) is 6.17. The third-order valence-corrected chi connectivity index (χ3v) is 5.26. The highest BCUT2D eigenvalue weighted by molar-refractivity contribution is 6.22. The molecule has 0 bridgehead atoms. The standard InChI is InChI=1S/C25H23N3O4/c1-32-21-14-8-9-18(15-21)17-27-22(16-23(29)26-19-10-4-2-5-11-19)24(30)28(25(27)31)20-12-6-3-7-13-20/h2-15,22H,16-17H2,1H3,(H,26,29). The van der Waals surface area contributed by atoms with Crippen molar-refractivity contribution in [3.63, 3.8) is 0 Å².